The summed E-state index contributed by atoms with van der Waals surface area (Å²) in [6, 6.07) is 4.04. The lowest BCUT2D eigenvalue weighted by molar-refractivity contribution is -0.131. The van der Waals surface area contributed by atoms with E-state index in [-0.39, 0.29) is 11.9 Å². The summed E-state index contributed by atoms with van der Waals surface area (Å²) < 4.78 is 5.91. The van der Waals surface area contributed by atoms with Crippen LogP contribution in [0.4, 0.5) is 0 Å². The van der Waals surface area contributed by atoms with E-state index in [9.17, 15) is 9.90 Å². The fourth-order valence-electron chi connectivity index (χ4n) is 3.57. The first-order chi connectivity index (χ1) is 10.5. The first kappa shape index (κ1) is 15.3. The summed E-state index contributed by atoms with van der Waals surface area (Å²) in [7, 11) is 0. The number of aliphatic hydroxyl groups is 1. The lowest BCUT2D eigenvalue weighted by atomic mass is 9.92. The number of amides is 1. The van der Waals surface area contributed by atoms with Crippen LogP contribution >= 0.6 is 0 Å². The van der Waals surface area contributed by atoms with Crippen LogP contribution in [0.1, 0.15) is 29.7 Å². The normalized spacial score (nSPS) is 25.5. The van der Waals surface area contributed by atoms with E-state index >= 15 is 0 Å². The molecule has 2 heterocycles. The van der Waals surface area contributed by atoms with Crippen molar-refractivity contribution in [2.75, 3.05) is 32.8 Å². The summed E-state index contributed by atoms with van der Waals surface area (Å²) in [6.45, 7) is 9.17. The Morgan fingerprint density at radius 2 is 1.91 bits per heavy atom. The molecule has 1 amide bonds. The molecular weight excluding hydrogens is 280 g/mol. The van der Waals surface area contributed by atoms with Gasteiger partial charge in [0.25, 0.3) is 0 Å². The van der Waals surface area contributed by atoms with Gasteiger partial charge in [-0.1, -0.05) is 6.07 Å². The van der Waals surface area contributed by atoms with Gasteiger partial charge in [0.1, 0.15) is 18.5 Å². The van der Waals surface area contributed by atoms with E-state index in [4.69, 9.17) is 4.74 Å². The Bertz CT molecular complexity index is 580. The second-order valence-corrected chi connectivity index (χ2v) is 6.36. The summed E-state index contributed by atoms with van der Waals surface area (Å²) in [5.74, 6) is 0.931. The fraction of sp³-hybridized carbons (Fsp3) is 0.588. The highest BCUT2D eigenvalue weighted by molar-refractivity contribution is 5.73. The van der Waals surface area contributed by atoms with Crippen molar-refractivity contribution in [3.63, 3.8) is 0 Å². The first-order valence-corrected chi connectivity index (χ1v) is 7.89. The number of ether oxygens (including phenoxy) is 1. The molecule has 0 saturated carbocycles. The van der Waals surface area contributed by atoms with Gasteiger partial charge in [-0.25, -0.2) is 0 Å². The van der Waals surface area contributed by atoms with Crippen molar-refractivity contribution in [1.29, 1.82) is 0 Å². The Morgan fingerprint density at radius 3 is 2.55 bits per heavy atom. The molecule has 0 spiro atoms. The number of piperazine rings is 1. The zero-order valence-corrected chi connectivity index (χ0v) is 13.5. The zero-order chi connectivity index (χ0) is 15.9. The molecule has 1 N–H and O–H groups in total. The Morgan fingerprint density at radius 1 is 1.23 bits per heavy atom. The molecule has 1 aromatic rings. The Hall–Kier alpha value is -1.59. The lowest BCUT2D eigenvalue weighted by Gasteiger charge is -2.43. The molecule has 0 aliphatic carbocycles. The van der Waals surface area contributed by atoms with Crippen LogP contribution < -0.4 is 4.74 Å². The van der Waals surface area contributed by atoms with E-state index in [2.05, 4.69) is 11.0 Å². The second-order valence-electron chi connectivity index (χ2n) is 6.36. The van der Waals surface area contributed by atoms with Gasteiger partial charge in [-0.15, -0.1) is 0 Å². The van der Waals surface area contributed by atoms with Crippen LogP contribution in [0.5, 0.6) is 5.75 Å². The molecular formula is C17H24N2O3. The van der Waals surface area contributed by atoms with Gasteiger partial charge in [0.2, 0.25) is 5.91 Å². The maximum absolute atomic E-state index is 11.4. The predicted molar refractivity (Wildman–Crippen MR) is 84.0 cm³/mol. The quantitative estimate of drug-likeness (QED) is 0.849. The minimum absolute atomic E-state index is 0.0389. The summed E-state index contributed by atoms with van der Waals surface area (Å²) in [4.78, 5) is 15.5. The van der Waals surface area contributed by atoms with Crippen LogP contribution in [0.2, 0.25) is 0 Å². The SMILES string of the molecule is CC(=O)N1CCN(C2COc3cc(C)cc(C)c3C2O)CC1. The molecule has 120 valence electrons. The van der Waals surface area contributed by atoms with E-state index in [1.54, 1.807) is 6.92 Å². The molecule has 5 nitrogen and oxygen atoms in total. The fourth-order valence-corrected chi connectivity index (χ4v) is 3.57. The maximum atomic E-state index is 11.4. The van der Waals surface area contributed by atoms with Gasteiger partial charge in [-0.3, -0.25) is 9.69 Å². The van der Waals surface area contributed by atoms with E-state index in [0.29, 0.717) is 6.61 Å². The average Bonchev–Trinajstić information content (AvgIpc) is 2.47. The number of hydrogen-bond donors (Lipinski definition) is 1. The second kappa shape index (κ2) is 5.89. The van der Waals surface area contributed by atoms with Crippen LogP contribution in [-0.4, -0.2) is 59.6 Å². The van der Waals surface area contributed by atoms with E-state index in [1.807, 2.05) is 24.8 Å². The monoisotopic (exact) mass is 304 g/mol. The van der Waals surface area contributed by atoms with Crippen molar-refractivity contribution in [2.45, 2.75) is 32.9 Å². The van der Waals surface area contributed by atoms with Crippen molar-refractivity contribution in [3.05, 3.63) is 28.8 Å². The summed E-state index contributed by atoms with van der Waals surface area (Å²) in [5.41, 5.74) is 3.14. The lowest BCUT2D eigenvalue weighted by Crippen LogP contribution is -2.55. The van der Waals surface area contributed by atoms with Crippen molar-refractivity contribution in [1.82, 2.24) is 9.80 Å². The third-order valence-corrected chi connectivity index (χ3v) is 4.79. The van der Waals surface area contributed by atoms with Gasteiger partial charge in [0.05, 0.1) is 6.04 Å². The van der Waals surface area contributed by atoms with Crippen LogP contribution in [0.15, 0.2) is 12.1 Å². The van der Waals surface area contributed by atoms with E-state index < -0.39 is 6.10 Å². The largest absolute Gasteiger partial charge is 0.491 e. The number of rotatable bonds is 1. The molecule has 1 aromatic carbocycles. The van der Waals surface area contributed by atoms with Crippen molar-refractivity contribution in [3.8, 4) is 5.75 Å². The van der Waals surface area contributed by atoms with Gasteiger partial charge in [-0.2, -0.15) is 0 Å². The van der Waals surface area contributed by atoms with Crippen LogP contribution in [-0.2, 0) is 4.79 Å². The number of nitrogens with zero attached hydrogens (tertiary/aromatic N) is 2. The number of hydrogen-bond acceptors (Lipinski definition) is 4. The molecule has 2 aliphatic rings. The molecule has 2 unspecified atom stereocenters. The maximum Gasteiger partial charge on any atom is 0.219 e. The predicted octanol–water partition coefficient (Wildman–Crippen LogP) is 1.26. The minimum atomic E-state index is -0.534. The molecule has 2 atom stereocenters. The standard InChI is InChI=1S/C17H24N2O3/c1-11-8-12(2)16-15(9-11)22-10-14(17(16)21)19-6-4-18(5-7-19)13(3)20/h8-9,14,17,21H,4-7,10H2,1-3H3. The summed E-state index contributed by atoms with van der Waals surface area (Å²) in [6.07, 6.45) is -0.534. The number of aliphatic hydroxyl groups excluding tert-OH is 1. The smallest absolute Gasteiger partial charge is 0.219 e. The number of aryl methyl sites for hydroxylation is 2. The van der Waals surface area contributed by atoms with Crippen molar-refractivity contribution >= 4 is 5.91 Å². The minimum Gasteiger partial charge on any atom is -0.491 e. The van der Waals surface area contributed by atoms with E-state index in [0.717, 1.165) is 48.6 Å². The number of benzene rings is 1. The third-order valence-electron chi connectivity index (χ3n) is 4.79. The molecule has 1 fully saturated rings. The molecule has 1 saturated heterocycles. The number of fused-ring (bicyclic) bond motifs is 1. The Balaban J connectivity index is 1.76. The van der Waals surface area contributed by atoms with Gasteiger partial charge < -0.3 is 14.7 Å². The molecule has 22 heavy (non-hydrogen) atoms. The van der Waals surface area contributed by atoms with Crippen LogP contribution in [0.3, 0.4) is 0 Å². The van der Waals surface area contributed by atoms with Gasteiger partial charge in [0, 0.05) is 38.7 Å². The Kier molecular flexibility index (Phi) is 4.10. The molecule has 0 aromatic heterocycles. The van der Waals surface area contributed by atoms with E-state index in [1.165, 1.54) is 0 Å². The molecule has 3 rings (SSSR count). The summed E-state index contributed by atoms with van der Waals surface area (Å²) in [5, 5.41) is 10.8. The Labute approximate surface area is 131 Å². The highest BCUT2D eigenvalue weighted by Crippen LogP contribution is 2.37. The highest BCUT2D eigenvalue weighted by Gasteiger charge is 2.36. The zero-order valence-electron chi connectivity index (χ0n) is 13.5. The first-order valence-electron chi connectivity index (χ1n) is 7.89. The molecule has 2 aliphatic heterocycles. The van der Waals surface area contributed by atoms with Crippen molar-refractivity contribution in [2.24, 2.45) is 0 Å². The average molecular weight is 304 g/mol. The van der Waals surface area contributed by atoms with Gasteiger partial charge >= 0.3 is 0 Å². The topological polar surface area (TPSA) is 53.0 Å². The van der Waals surface area contributed by atoms with Gasteiger partial charge in [0.15, 0.2) is 0 Å². The van der Waals surface area contributed by atoms with Crippen molar-refractivity contribution < 1.29 is 14.6 Å². The number of carbonyl (C=O) groups excluding carboxylic acids is 1. The highest BCUT2D eigenvalue weighted by atomic mass is 16.5. The van der Waals surface area contributed by atoms with Crippen LogP contribution in [0.25, 0.3) is 0 Å². The molecule has 0 radical (unpaired) electrons. The molecule has 0 bridgehead atoms. The number of carbonyl (C=O) groups is 1. The third kappa shape index (κ3) is 2.71. The molecule has 5 heteroatoms. The van der Waals surface area contributed by atoms with Crippen LogP contribution in [0, 0.1) is 13.8 Å². The summed E-state index contributed by atoms with van der Waals surface area (Å²) >= 11 is 0. The van der Waals surface area contributed by atoms with Gasteiger partial charge in [-0.05, 0) is 31.0 Å².